The standard InChI is InChI=1S/C20H25ClN4O3/c1-14(2)13-28-19-16(21)10-15(11-17(19)27-3)20(26)25-8-6-24(7-9-25)18-12-22-4-5-23-18/h4-5,10-12,14H,6-9,13H2,1-3H3. The summed E-state index contributed by atoms with van der Waals surface area (Å²) in [7, 11) is 1.54. The van der Waals surface area contributed by atoms with Crippen molar-refractivity contribution in [1.82, 2.24) is 14.9 Å². The van der Waals surface area contributed by atoms with E-state index in [0.29, 0.717) is 60.8 Å². The van der Waals surface area contributed by atoms with E-state index in [4.69, 9.17) is 21.1 Å². The molecule has 0 aliphatic carbocycles. The fraction of sp³-hybridized carbons (Fsp3) is 0.450. The van der Waals surface area contributed by atoms with Crippen LogP contribution < -0.4 is 14.4 Å². The number of rotatable bonds is 6. The molecule has 0 bridgehead atoms. The molecule has 8 heteroatoms. The van der Waals surface area contributed by atoms with E-state index in [1.165, 1.54) is 0 Å². The number of aromatic nitrogens is 2. The number of hydrogen-bond acceptors (Lipinski definition) is 6. The maximum Gasteiger partial charge on any atom is 0.254 e. The molecule has 0 atom stereocenters. The summed E-state index contributed by atoms with van der Waals surface area (Å²) in [6.07, 6.45) is 5.05. The quantitative estimate of drug-likeness (QED) is 0.736. The lowest BCUT2D eigenvalue weighted by Gasteiger charge is -2.35. The predicted octanol–water partition coefficient (Wildman–Crippen LogP) is 3.14. The second-order valence-corrected chi connectivity index (χ2v) is 7.44. The van der Waals surface area contributed by atoms with Gasteiger partial charge in [0.25, 0.3) is 5.91 Å². The summed E-state index contributed by atoms with van der Waals surface area (Å²) in [5.74, 6) is 2.05. The first-order chi connectivity index (χ1) is 13.5. The minimum absolute atomic E-state index is 0.0746. The van der Waals surface area contributed by atoms with Crippen LogP contribution in [0, 0.1) is 5.92 Å². The zero-order valence-corrected chi connectivity index (χ0v) is 17.1. The molecule has 0 spiro atoms. The smallest absolute Gasteiger partial charge is 0.254 e. The van der Waals surface area contributed by atoms with Crippen LogP contribution in [-0.2, 0) is 0 Å². The number of methoxy groups -OCH3 is 1. The molecular formula is C20H25ClN4O3. The average Bonchev–Trinajstić information content (AvgIpc) is 2.72. The van der Waals surface area contributed by atoms with E-state index in [9.17, 15) is 4.79 Å². The lowest BCUT2D eigenvalue weighted by molar-refractivity contribution is 0.0746. The SMILES string of the molecule is COc1cc(C(=O)N2CCN(c3cnccn3)CC2)cc(Cl)c1OCC(C)C. The van der Waals surface area contributed by atoms with Crippen LogP contribution >= 0.6 is 11.6 Å². The van der Waals surface area contributed by atoms with Crippen LogP contribution in [0.2, 0.25) is 5.02 Å². The second kappa shape index (κ2) is 9.10. The number of hydrogen-bond donors (Lipinski definition) is 0. The summed E-state index contributed by atoms with van der Waals surface area (Å²) >= 11 is 6.38. The molecule has 2 aromatic rings. The highest BCUT2D eigenvalue weighted by molar-refractivity contribution is 6.32. The molecule has 1 saturated heterocycles. The molecule has 2 heterocycles. The number of carbonyl (C=O) groups excluding carboxylic acids is 1. The molecule has 7 nitrogen and oxygen atoms in total. The summed E-state index contributed by atoms with van der Waals surface area (Å²) in [6, 6.07) is 3.34. The Bertz CT molecular complexity index is 809. The van der Waals surface area contributed by atoms with Gasteiger partial charge in [-0.25, -0.2) is 4.98 Å². The Hall–Kier alpha value is -2.54. The molecule has 150 valence electrons. The third-order valence-corrected chi connectivity index (χ3v) is 4.76. The van der Waals surface area contributed by atoms with Crippen molar-refractivity contribution in [3.05, 3.63) is 41.3 Å². The van der Waals surface area contributed by atoms with Crippen molar-refractivity contribution in [3.8, 4) is 11.5 Å². The van der Waals surface area contributed by atoms with Gasteiger partial charge in [-0.3, -0.25) is 9.78 Å². The van der Waals surface area contributed by atoms with Gasteiger partial charge in [0, 0.05) is 44.1 Å². The lowest BCUT2D eigenvalue weighted by atomic mass is 10.1. The molecule has 0 N–H and O–H groups in total. The van der Waals surface area contributed by atoms with Crippen molar-refractivity contribution < 1.29 is 14.3 Å². The molecule has 28 heavy (non-hydrogen) atoms. The fourth-order valence-corrected chi connectivity index (χ4v) is 3.27. The van der Waals surface area contributed by atoms with Gasteiger partial charge in [-0.05, 0) is 18.1 Å². The van der Waals surface area contributed by atoms with Crippen molar-refractivity contribution in [2.45, 2.75) is 13.8 Å². The third-order valence-electron chi connectivity index (χ3n) is 4.48. The molecule has 1 fully saturated rings. The molecule has 1 aromatic heterocycles. The highest BCUT2D eigenvalue weighted by Gasteiger charge is 2.25. The number of benzene rings is 1. The van der Waals surface area contributed by atoms with Gasteiger partial charge >= 0.3 is 0 Å². The normalized spacial score (nSPS) is 14.3. The van der Waals surface area contributed by atoms with Gasteiger partial charge in [0.2, 0.25) is 0 Å². The maximum atomic E-state index is 13.0. The topological polar surface area (TPSA) is 67.8 Å². The first-order valence-electron chi connectivity index (χ1n) is 9.30. The Kier molecular flexibility index (Phi) is 6.57. The number of carbonyl (C=O) groups is 1. The van der Waals surface area contributed by atoms with E-state index in [2.05, 4.69) is 28.7 Å². The Balaban J connectivity index is 1.70. The third kappa shape index (κ3) is 4.65. The van der Waals surface area contributed by atoms with Crippen LogP contribution in [-0.4, -0.2) is 60.7 Å². The summed E-state index contributed by atoms with van der Waals surface area (Å²) in [5, 5.41) is 0.376. The van der Waals surface area contributed by atoms with Crippen molar-refractivity contribution in [2.24, 2.45) is 5.92 Å². The molecule has 0 radical (unpaired) electrons. The predicted molar refractivity (Wildman–Crippen MR) is 108 cm³/mol. The van der Waals surface area contributed by atoms with Gasteiger partial charge in [-0.15, -0.1) is 0 Å². The summed E-state index contributed by atoms with van der Waals surface area (Å²) < 4.78 is 11.2. The Morgan fingerprint density at radius 2 is 1.96 bits per heavy atom. The van der Waals surface area contributed by atoms with Crippen molar-refractivity contribution in [3.63, 3.8) is 0 Å². The minimum Gasteiger partial charge on any atom is -0.493 e. The zero-order valence-electron chi connectivity index (χ0n) is 16.4. The molecular weight excluding hydrogens is 380 g/mol. The fourth-order valence-electron chi connectivity index (χ4n) is 3.01. The number of nitrogens with zero attached hydrogens (tertiary/aromatic N) is 4. The Labute approximate surface area is 170 Å². The van der Waals surface area contributed by atoms with E-state index in [-0.39, 0.29) is 5.91 Å². The van der Waals surface area contributed by atoms with Gasteiger partial charge in [0.1, 0.15) is 5.82 Å². The Morgan fingerprint density at radius 1 is 1.21 bits per heavy atom. The van der Waals surface area contributed by atoms with E-state index < -0.39 is 0 Å². The van der Waals surface area contributed by atoms with Crippen LogP contribution in [0.3, 0.4) is 0 Å². The van der Waals surface area contributed by atoms with E-state index in [1.807, 2.05) is 4.90 Å². The van der Waals surface area contributed by atoms with Crippen LogP contribution in [0.1, 0.15) is 24.2 Å². The molecule has 1 aliphatic rings. The Morgan fingerprint density at radius 3 is 2.57 bits per heavy atom. The van der Waals surface area contributed by atoms with Crippen molar-refractivity contribution >= 4 is 23.3 Å². The second-order valence-electron chi connectivity index (χ2n) is 7.04. The highest BCUT2D eigenvalue weighted by Crippen LogP contribution is 2.37. The highest BCUT2D eigenvalue weighted by atomic mass is 35.5. The molecule has 0 unspecified atom stereocenters. The first-order valence-corrected chi connectivity index (χ1v) is 9.68. The number of amides is 1. The van der Waals surface area contributed by atoms with E-state index in [0.717, 1.165) is 5.82 Å². The molecule has 3 rings (SSSR count). The molecule has 0 saturated carbocycles. The monoisotopic (exact) mass is 404 g/mol. The van der Waals surface area contributed by atoms with E-state index >= 15 is 0 Å². The van der Waals surface area contributed by atoms with Crippen LogP contribution in [0.4, 0.5) is 5.82 Å². The van der Waals surface area contributed by atoms with Crippen molar-refractivity contribution in [1.29, 1.82) is 0 Å². The van der Waals surface area contributed by atoms with Gasteiger partial charge in [-0.1, -0.05) is 25.4 Å². The average molecular weight is 405 g/mol. The van der Waals surface area contributed by atoms with Gasteiger partial charge in [0.15, 0.2) is 11.5 Å². The zero-order chi connectivity index (χ0) is 20.1. The van der Waals surface area contributed by atoms with Gasteiger partial charge in [-0.2, -0.15) is 0 Å². The van der Waals surface area contributed by atoms with Gasteiger partial charge < -0.3 is 19.3 Å². The molecule has 1 aromatic carbocycles. The maximum absolute atomic E-state index is 13.0. The van der Waals surface area contributed by atoms with Gasteiger partial charge in [0.05, 0.1) is 24.9 Å². The van der Waals surface area contributed by atoms with Crippen LogP contribution in [0.15, 0.2) is 30.7 Å². The summed E-state index contributed by atoms with van der Waals surface area (Å²) in [6.45, 7) is 7.23. The summed E-state index contributed by atoms with van der Waals surface area (Å²) in [4.78, 5) is 25.3. The summed E-state index contributed by atoms with van der Waals surface area (Å²) in [5.41, 5.74) is 0.492. The number of piperazine rings is 1. The first kappa shape index (κ1) is 20.2. The number of anilines is 1. The minimum atomic E-state index is -0.0746. The van der Waals surface area contributed by atoms with Crippen LogP contribution in [0.25, 0.3) is 0 Å². The largest absolute Gasteiger partial charge is 0.493 e. The van der Waals surface area contributed by atoms with E-state index in [1.54, 1.807) is 37.8 Å². The van der Waals surface area contributed by atoms with Crippen molar-refractivity contribution in [2.75, 3.05) is 44.8 Å². The lowest BCUT2D eigenvalue weighted by Crippen LogP contribution is -2.49. The number of ether oxygens (including phenoxy) is 2. The molecule has 1 amide bonds. The number of halogens is 1. The molecule has 1 aliphatic heterocycles. The van der Waals surface area contributed by atoms with Crippen LogP contribution in [0.5, 0.6) is 11.5 Å².